The van der Waals surface area contributed by atoms with Crippen molar-refractivity contribution in [3.8, 4) is 0 Å². The summed E-state index contributed by atoms with van der Waals surface area (Å²) in [4.78, 5) is 18.6. The maximum absolute atomic E-state index is 12.0. The molecule has 106 valence electrons. The molecular formula is C13H23N5O. The average Bonchev–Trinajstić information content (AvgIpc) is 3.04. The number of aromatic amines is 1. The molecule has 1 amide bonds. The van der Waals surface area contributed by atoms with Crippen LogP contribution < -0.4 is 5.32 Å². The molecule has 2 N–H and O–H groups in total. The monoisotopic (exact) mass is 265 g/mol. The topological polar surface area (TPSA) is 73.9 Å². The van der Waals surface area contributed by atoms with Gasteiger partial charge in [0.2, 0.25) is 5.82 Å². The zero-order chi connectivity index (χ0) is 13.8. The number of rotatable bonds is 5. The standard InChI is InChI=1S/C13H23N5O/c1-4-18-7-5-6-10(18)8-14-13(19)12-15-11(9(2)3)16-17-12/h9-10H,4-8H2,1-3H3,(H,14,19)(H,15,16,17). The maximum atomic E-state index is 12.0. The summed E-state index contributed by atoms with van der Waals surface area (Å²) in [5.74, 6) is 1.05. The van der Waals surface area contributed by atoms with Crippen LogP contribution in [-0.2, 0) is 0 Å². The van der Waals surface area contributed by atoms with E-state index in [4.69, 9.17) is 0 Å². The largest absolute Gasteiger partial charge is 0.348 e. The van der Waals surface area contributed by atoms with Gasteiger partial charge in [0.1, 0.15) is 5.82 Å². The van der Waals surface area contributed by atoms with Crippen LogP contribution in [-0.4, -0.2) is 51.7 Å². The molecule has 19 heavy (non-hydrogen) atoms. The fourth-order valence-electron chi connectivity index (χ4n) is 2.47. The van der Waals surface area contributed by atoms with Crippen molar-refractivity contribution in [2.24, 2.45) is 0 Å². The summed E-state index contributed by atoms with van der Waals surface area (Å²) in [6, 6.07) is 0.456. The molecule has 1 fully saturated rings. The summed E-state index contributed by atoms with van der Waals surface area (Å²) in [6.07, 6.45) is 2.37. The van der Waals surface area contributed by atoms with Gasteiger partial charge in [-0.3, -0.25) is 14.8 Å². The lowest BCUT2D eigenvalue weighted by molar-refractivity contribution is 0.0931. The fraction of sp³-hybridized carbons (Fsp3) is 0.769. The van der Waals surface area contributed by atoms with Crippen LogP contribution in [0.2, 0.25) is 0 Å². The van der Waals surface area contributed by atoms with Crippen molar-refractivity contribution in [3.05, 3.63) is 11.6 Å². The first-order chi connectivity index (χ1) is 9.11. The van der Waals surface area contributed by atoms with Gasteiger partial charge in [0, 0.05) is 18.5 Å². The number of aromatic nitrogens is 3. The van der Waals surface area contributed by atoms with Gasteiger partial charge in [-0.1, -0.05) is 20.8 Å². The number of nitrogens with one attached hydrogen (secondary N) is 2. The third-order valence-corrected chi connectivity index (χ3v) is 3.66. The smallest absolute Gasteiger partial charge is 0.291 e. The summed E-state index contributed by atoms with van der Waals surface area (Å²) in [6.45, 7) is 9.04. The minimum Gasteiger partial charge on any atom is -0.348 e. The molecule has 1 aromatic heterocycles. The fourth-order valence-corrected chi connectivity index (χ4v) is 2.47. The van der Waals surface area contributed by atoms with E-state index in [9.17, 15) is 4.79 Å². The van der Waals surface area contributed by atoms with Crippen molar-refractivity contribution < 1.29 is 4.79 Å². The Morgan fingerprint density at radius 1 is 1.58 bits per heavy atom. The van der Waals surface area contributed by atoms with Crippen molar-refractivity contribution in [3.63, 3.8) is 0 Å². The lowest BCUT2D eigenvalue weighted by Crippen LogP contribution is -2.40. The Kier molecular flexibility index (Phi) is 4.52. The predicted octanol–water partition coefficient (Wildman–Crippen LogP) is 1.14. The van der Waals surface area contributed by atoms with E-state index in [0.717, 1.165) is 25.3 Å². The molecule has 2 heterocycles. The predicted molar refractivity (Wildman–Crippen MR) is 73.1 cm³/mol. The van der Waals surface area contributed by atoms with E-state index in [1.807, 2.05) is 13.8 Å². The van der Waals surface area contributed by atoms with Gasteiger partial charge in [-0.2, -0.15) is 0 Å². The zero-order valence-corrected chi connectivity index (χ0v) is 11.9. The number of carbonyl (C=O) groups is 1. The van der Waals surface area contributed by atoms with E-state index in [-0.39, 0.29) is 17.6 Å². The Morgan fingerprint density at radius 2 is 2.37 bits per heavy atom. The molecule has 0 aliphatic carbocycles. The summed E-state index contributed by atoms with van der Waals surface area (Å²) < 4.78 is 0. The summed E-state index contributed by atoms with van der Waals surface area (Å²) >= 11 is 0. The molecule has 6 nitrogen and oxygen atoms in total. The van der Waals surface area contributed by atoms with Crippen molar-refractivity contribution in [2.45, 2.75) is 45.6 Å². The van der Waals surface area contributed by atoms with Gasteiger partial charge in [-0.15, -0.1) is 5.10 Å². The highest BCUT2D eigenvalue weighted by Gasteiger charge is 2.24. The van der Waals surface area contributed by atoms with Crippen molar-refractivity contribution in [1.29, 1.82) is 0 Å². The van der Waals surface area contributed by atoms with Crippen LogP contribution in [0.1, 0.15) is 56.0 Å². The first-order valence-electron chi connectivity index (χ1n) is 7.06. The molecule has 1 aromatic rings. The number of amides is 1. The van der Waals surface area contributed by atoms with Crippen LogP contribution in [0.25, 0.3) is 0 Å². The number of likely N-dealkylation sites (tertiary alicyclic amines) is 1. The van der Waals surface area contributed by atoms with Gasteiger partial charge in [-0.05, 0) is 25.9 Å². The van der Waals surface area contributed by atoms with Gasteiger partial charge < -0.3 is 5.32 Å². The van der Waals surface area contributed by atoms with Crippen LogP contribution in [0.5, 0.6) is 0 Å². The number of likely N-dealkylation sites (N-methyl/N-ethyl adjacent to an activating group) is 1. The molecule has 1 unspecified atom stereocenters. The van der Waals surface area contributed by atoms with Gasteiger partial charge in [-0.25, -0.2) is 4.98 Å². The van der Waals surface area contributed by atoms with Crippen LogP contribution in [0.15, 0.2) is 0 Å². The molecule has 6 heteroatoms. The average molecular weight is 265 g/mol. The van der Waals surface area contributed by atoms with E-state index < -0.39 is 0 Å². The summed E-state index contributed by atoms with van der Waals surface area (Å²) in [5, 5.41) is 9.69. The SMILES string of the molecule is CCN1CCCC1CNC(=O)c1n[nH]c(C(C)C)n1. The Hall–Kier alpha value is -1.43. The number of hydrogen-bond acceptors (Lipinski definition) is 4. The lowest BCUT2D eigenvalue weighted by Gasteiger charge is -2.22. The first kappa shape index (κ1) is 14.0. The molecule has 1 saturated heterocycles. The van der Waals surface area contributed by atoms with Crippen LogP contribution >= 0.6 is 0 Å². The molecule has 2 rings (SSSR count). The minimum atomic E-state index is -0.189. The Labute approximate surface area is 114 Å². The first-order valence-corrected chi connectivity index (χ1v) is 7.06. The van der Waals surface area contributed by atoms with E-state index in [1.54, 1.807) is 0 Å². The Morgan fingerprint density at radius 3 is 3.00 bits per heavy atom. The highest BCUT2D eigenvalue weighted by molar-refractivity contribution is 5.90. The van der Waals surface area contributed by atoms with Crippen molar-refractivity contribution >= 4 is 5.91 Å². The molecule has 0 spiro atoms. The second-order valence-corrected chi connectivity index (χ2v) is 5.33. The van der Waals surface area contributed by atoms with Gasteiger partial charge in [0.25, 0.3) is 5.91 Å². The highest BCUT2D eigenvalue weighted by atomic mass is 16.2. The Balaban J connectivity index is 1.86. The van der Waals surface area contributed by atoms with E-state index in [2.05, 4.69) is 32.3 Å². The Bertz CT molecular complexity index is 428. The third kappa shape index (κ3) is 3.32. The van der Waals surface area contributed by atoms with Gasteiger partial charge >= 0.3 is 0 Å². The minimum absolute atomic E-state index is 0.189. The van der Waals surface area contributed by atoms with Crippen LogP contribution in [0, 0.1) is 0 Å². The summed E-state index contributed by atoms with van der Waals surface area (Å²) in [5.41, 5.74) is 0. The number of carbonyl (C=O) groups excluding carboxylic acids is 1. The number of hydrogen-bond donors (Lipinski definition) is 2. The van der Waals surface area contributed by atoms with Crippen molar-refractivity contribution in [2.75, 3.05) is 19.6 Å². The molecule has 0 bridgehead atoms. The normalized spacial score (nSPS) is 20.1. The summed E-state index contributed by atoms with van der Waals surface area (Å²) in [7, 11) is 0. The maximum Gasteiger partial charge on any atom is 0.291 e. The third-order valence-electron chi connectivity index (χ3n) is 3.66. The molecular weight excluding hydrogens is 242 g/mol. The van der Waals surface area contributed by atoms with Gasteiger partial charge in [0.05, 0.1) is 0 Å². The van der Waals surface area contributed by atoms with E-state index in [1.165, 1.54) is 6.42 Å². The molecule has 1 aliphatic rings. The van der Waals surface area contributed by atoms with Crippen molar-refractivity contribution in [1.82, 2.24) is 25.4 Å². The molecule has 0 radical (unpaired) electrons. The lowest BCUT2D eigenvalue weighted by atomic mass is 10.2. The molecule has 0 aromatic carbocycles. The number of H-pyrrole nitrogens is 1. The van der Waals surface area contributed by atoms with E-state index in [0.29, 0.717) is 12.6 Å². The second-order valence-electron chi connectivity index (χ2n) is 5.33. The number of nitrogens with zero attached hydrogens (tertiary/aromatic N) is 3. The second kappa shape index (κ2) is 6.14. The molecule has 0 saturated carbocycles. The van der Waals surface area contributed by atoms with Gasteiger partial charge in [0.15, 0.2) is 0 Å². The highest BCUT2D eigenvalue weighted by Crippen LogP contribution is 2.15. The van der Waals surface area contributed by atoms with E-state index >= 15 is 0 Å². The quantitative estimate of drug-likeness (QED) is 0.837. The molecule has 1 aliphatic heterocycles. The van der Waals surface area contributed by atoms with Crippen LogP contribution in [0.4, 0.5) is 0 Å². The van der Waals surface area contributed by atoms with Crippen LogP contribution in [0.3, 0.4) is 0 Å². The molecule has 1 atom stereocenters. The zero-order valence-electron chi connectivity index (χ0n) is 11.9.